The molecule has 0 spiro atoms. The molecule has 1 atom stereocenters. The largest absolute Gasteiger partial charge is 0.476 e. The lowest BCUT2D eigenvalue weighted by Crippen LogP contribution is -2.52. The maximum atomic E-state index is 13.2. The number of piperidine rings is 1. The van der Waals surface area contributed by atoms with Gasteiger partial charge in [-0.3, -0.25) is 9.59 Å². The summed E-state index contributed by atoms with van der Waals surface area (Å²) in [4.78, 5) is 33.3. The molecule has 1 N–H and O–H groups in total. The monoisotopic (exact) mass is 431 g/mol. The average molecular weight is 432 g/mol. The molecular weight excluding hydrogens is 402 g/mol. The molecule has 0 aliphatic carbocycles. The number of carbonyl (C=O) groups is 2. The number of likely N-dealkylation sites (tertiary alicyclic amines) is 1. The summed E-state index contributed by atoms with van der Waals surface area (Å²) in [5.41, 5.74) is 3.11. The lowest BCUT2D eigenvalue weighted by atomic mass is 10.1. The van der Waals surface area contributed by atoms with Gasteiger partial charge in [0.05, 0.1) is 12.2 Å². The van der Waals surface area contributed by atoms with E-state index in [0.29, 0.717) is 12.2 Å². The van der Waals surface area contributed by atoms with Gasteiger partial charge in [-0.1, -0.05) is 30.3 Å². The van der Waals surface area contributed by atoms with Crippen LogP contribution in [0.5, 0.6) is 5.75 Å². The molecule has 1 saturated heterocycles. The van der Waals surface area contributed by atoms with Gasteiger partial charge in [0.25, 0.3) is 5.91 Å². The van der Waals surface area contributed by atoms with Crippen molar-refractivity contribution < 1.29 is 14.3 Å². The fraction of sp³-hybridized carbons (Fsp3) is 0.385. The Bertz CT molecular complexity index is 1120. The fourth-order valence-corrected chi connectivity index (χ4v) is 4.82. The molecule has 5 rings (SSSR count). The molecule has 2 aromatic carbocycles. The Morgan fingerprint density at radius 3 is 2.66 bits per heavy atom. The topological polar surface area (TPSA) is 65.6 Å². The minimum absolute atomic E-state index is 0.00389. The number of amides is 2. The standard InChI is InChI=1S/C26H29N3O3/c30-25(14-8-9-19-17-27-21-11-3-2-10-20(19)21)29-18-24(26(31)28-15-6-1-7-16-28)32-23-13-5-4-12-22(23)29/h2-5,10-13,17,24,27H,1,6-9,14-16,18H2/t24-/m1/s1. The van der Waals surface area contributed by atoms with E-state index in [2.05, 4.69) is 17.1 Å². The molecule has 3 aromatic rings. The molecule has 1 aromatic heterocycles. The normalized spacial score (nSPS) is 18.3. The Labute approximate surface area is 188 Å². The molecule has 3 heterocycles. The van der Waals surface area contributed by atoms with Gasteiger partial charge in [0.1, 0.15) is 5.75 Å². The van der Waals surface area contributed by atoms with Gasteiger partial charge in [0.2, 0.25) is 5.91 Å². The highest BCUT2D eigenvalue weighted by Crippen LogP contribution is 2.34. The third-order valence-electron chi connectivity index (χ3n) is 6.53. The second kappa shape index (κ2) is 9.07. The third kappa shape index (κ3) is 4.09. The smallest absolute Gasteiger partial charge is 0.265 e. The van der Waals surface area contributed by atoms with Crippen LogP contribution in [0.25, 0.3) is 10.9 Å². The molecule has 166 valence electrons. The number of benzene rings is 2. The lowest BCUT2D eigenvalue weighted by Gasteiger charge is -2.37. The Kier molecular flexibility index (Phi) is 5.84. The van der Waals surface area contributed by atoms with Crippen LogP contribution in [0.4, 0.5) is 5.69 Å². The molecule has 1 fully saturated rings. The predicted octanol–water partition coefficient (Wildman–Crippen LogP) is 4.30. The summed E-state index contributed by atoms with van der Waals surface area (Å²) >= 11 is 0. The molecule has 0 bridgehead atoms. The maximum Gasteiger partial charge on any atom is 0.265 e. The minimum Gasteiger partial charge on any atom is -0.476 e. The number of hydrogen-bond donors (Lipinski definition) is 1. The number of rotatable bonds is 5. The summed E-state index contributed by atoms with van der Waals surface area (Å²) in [6.45, 7) is 1.83. The van der Waals surface area contributed by atoms with Gasteiger partial charge >= 0.3 is 0 Å². The number of nitrogens with one attached hydrogen (secondary N) is 1. The second-order valence-electron chi connectivity index (χ2n) is 8.68. The first-order valence-corrected chi connectivity index (χ1v) is 11.6. The predicted molar refractivity (Wildman–Crippen MR) is 125 cm³/mol. The molecule has 0 saturated carbocycles. The highest BCUT2D eigenvalue weighted by molar-refractivity contribution is 5.97. The number of anilines is 1. The number of aromatic nitrogens is 1. The molecule has 2 aliphatic heterocycles. The van der Waals surface area contributed by atoms with Crippen molar-refractivity contribution in [1.82, 2.24) is 9.88 Å². The Morgan fingerprint density at radius 2 is 1.78 bits per heavy atom. The van der Waals surface area contributed by atoms with Gasteiger partial charge in [0, 0.05) is 36.6 Å². The number of fused-ring (bicyclic) bond motifs is 2. The summed E-state index contributed by atoms with van der Waals surface area (Å²) in [7, 11) is 0. The number of H-pyrrole nitrogens is 1. The molecular formula is C26H29N3O3. The van der Waals surface area contributed by atoms with Gasteiger partial charge in [-0.25, -0.2) is 0 Å². The van der Waals surface area contributed by atoms with E-state index in [1.165, 1.54) is 17.4 Å². The fourth-order valence-electron chi connectivity index (χ4n) is 4.82. The van der Waals surface area contributed by atoms with Crippen molar-refractivity contribution >= 4 is 28.4 Å². The van der Waals surface area contributed by atoms with E-state index in [1.54, 1.807) is 4.90 Å². The lowest BCUT2D eigenvalue weighted by molar-refractivity contribution is -0.139. The molecule has 0 unspecified atom stereocenters. The minimum atomic E-state index is -0.638. The van der Waals surface area contributed by atoms with Crippen molar-refractivity contribution in [3.05, 3.63) is 60.3 Å². The van der Waals surface area contributed by atoms with E-state index in [1.807, 2.05) is 47.5 Å². The van der Waals surface area contributed by atoms with E-state index in [9.17, 15) is 9.59 Å². The van der Waals surface area contributed by atoms with Crippen LogP contribution in [-0.2, 0) is 16.0 Å². The van der Waals surface area contributed by atoms with Crippen LogP contribution in [0, 0.1) is 0 Å². The first-order valence-electron chi connectivity index (χ1n) is 11.6. The van der Waals surface area contributed by atoms with Crippen LogP contribution in [0.3, 0.4) is 0 Å². The number of aromatic amines is 1. The summed E-state index contributed by atoms with van der Waals surface area (Å²) in [6, 6.07) is 15.8. The molecule has 2 aliphatic rings. The van der Waals surface area contributed by atoms with Gasteiger partial charge in [-0.05, 0) is 55.9 Å². The van der Waals surface area contributed by atoms with Crippen LogP contribution >= 0.6 is 0 Å². The summed E-state index contributed by atoms with van der Waals surface area (Å²) in [5, 5.41) is 1.21. The zero-order valence-corrected chi connectivity index (χ0v) is 18.3. The zero-order valence-electron chi connectivity index (χ0n) is 18.3. The number of nitrogens with zero attached hydrogens (tertiary/aromatic N) is 2. The summed E-state index contributed by atoms with van der Waals surface area (Å²) in [5.74, 6) is 0.645. The van der Waals surface area contributed by atoms with Crippen molar-refractivity contribution in [3.8, 4) is 5.75 Å². The van der Waals surface area contributed by atoms with Crippen molar-refractivity contribution in [2.75, 3.05) is 24.5 Å². The average Bonchev–Trinajstić information content (AvgIpc) is 3.26. The van der Waals surface area contributed by atoms with Crippen LogP contribution in [-0.4, -0.2) is 47.4 Å². The molecule has 6 heteroatoms. The maximum absolute atomic E-state index is 13.2. The highest BCUT2D eigenvalue weighted by atomic mass is 16.5. The molecule has 6 nitrogen and oxygen atoms in total. The number of aryl methyl sites for hydroxylation is 1. The van der Waals surface area contributed by atoms with Gasteiger partial charge in [0.15, 0.2) is 6.10 Å². The zero-order chi connectivity index (χ0) is 21.9. The highest BCUT2D eigenvalue weighted by Gasteiger charge is 2.36. The van der Waals surface area contributed by atoms with Crippen LogP contribution < -0.4 is 9.64 Å². The summed E-state index contributed by atoms with van der Waals surface area (Å²) in [6.07, 6.45) is 6.64. The van der Waals surface area contributed by atoms with Gasteiger partial charge in [-0.15, -0.1) is 0 Å². The van der Waals surface area contributed by atoms with Gasteiger partial charge in [-0.2, -0.15) is 0 Å². The molecule has 0 radical (unpaired) electrons. The van der Waals surface area contributed by atoms with Gasteiger partial charge < -0.3 is 19.5 Å². The van der Waals surface area contributed by atoms with Crippen molar-refractivity contribution in [2.45, 2.75) is 44.6 Å². The quantitative estimate of drug-likeness (QED) is 0.655. The van der Waals surface area contributed by atoms with Crippen LogP contribution in [0.2, 0.25) is 0 Å². The van der Waals surface area contributed by atoms with E-state index in [4.69, 9.17) is 4.74 Å². The number of ether oxygens (including phenoxy) is 1. The number of carbonyl (C=O) groups excluding carboxylic acids is 2. The van der Waals surface area contributed by atoms with Crippen molar-refractivity contribution in [2.24, 2.45) is 0 Å². The first kappa shape index (κ1) is 20.6. The number of hydrogen-bond acceptors (Lipinski definition) is 3. The van der Waals surface area contributed by atoms with E-state index < -0.39 is 6.10 Å². The summed E-state index contributed by atoms with van der Waals surface area (Å²) < 4.78 is 6.05. The van der Waals surface area contributed by atoms with Crippen LogP contribution in [0.1, 0.15) is 37.7 Å². The SMILES string of the molecule is O=C([C@H]1CN(C(=O)CCCc2c[nH]c3ccccc23)c2ccccc2O1)N1CCCCC1. The second-order valence-corrected chi connectivity index (χ2v) is 8.68. The van der Waals surface area contributed by atoms with E-state index >= 15 is 0 Å². The van der Waals surface area contributed by atoms with E-state index in [0.717, 1.165) is 50.0 Å². The molecule has 2 amide bonds. The Morgan fingerprint density at radius 1 is 1.00 bits per heavy atom. The Hall–Kier alpha value is -3.28. The molecule has 32 heavy (non-hydrogen) atoms. The third-order valence-corrected chi connectivity index (χ3v) is 6.53. The van der Waals surface area contributed by atoms with Crippen molar-refractivity contribution in [1.29, 1.82) is 0 Å². The number of para-hydroxylation sites is 3. The van der Waals surface area contributed by atoms with Crippen molar-refractivity contribution in [3.63, 3.8) is 0 Å². The first-order chi connectivity index (χ1) is 15.7. The van der Waals surface area contributed by atoms with Crippen LogP contribution in [0.15, 0.2) is 54.7 Å². The van der Waals surface area contributed by atoms with E-state index in [-0.39, 0.29) is 18.4 Å². The Balaban J connectivity index is 1.27.